The SMILES string of the molecule is CC1(C)C2CCC1(C)C(O)(C(=O)Cc1ccccc1)C2. The van der Waals surface area contributed by atoms with Crippen LogP contribution < -0.4 is 0 Å². The minimum absolute atomic E-state index is 0.00137. The van der Waals surface area contributed by atoms with E-state index in [0.29, 0.717) is 18.8 Å². The third-order valence-corrected chi connectivity index (χ3v) is 6.56. The number of ketones is 1. The molecule has 3 atom stereocenters. The quantitative estimate of drug-likeness (QED) is 0.916. The highest BCUT2D eigenvalue weighted by atomic mass is 16.3. The van der Waals surface area contributed by atoms with E-state index < -0.39 is 5.60 Å². The molecule has 2 saturated carbocycles. The fraction of sp³-hybridized carbons (Fsp3) is 0.611. The van der Waals surface area contributed by atoms with Gasteiger partial charge in [0.25, 0.3) is 0 Å². The Balaban J connectivity index is 1.89. The predicted octanol–water partition coefficient (Wildman–Crippen LogP) is 3.38. The zero-order chi connectivity index (χ0) is 14.6. The van der Waals surface area contributed by atoms with Gasteiger partial charge < -0.3 is 5.11 Å². The summed E-state index contributed by atoms with van der Waals surface area (Å²) in [5.74, 6) is 0.471. The number of carbonyl (C=O) groups is 1. The van der Waals surface area contributed by atoms with E-state index in [-0.39, 0.29) is 16.6 Å². The van der Waals surface area contributed by atoms with Crippen molar-refractivity contribution in [2.24, 2.45) is 16.7 Å². The van der Waals surface area contributed by atoms with Gasteiger partial charge >= 0.3 is 0 Å². The first kappa shape index (κ1) is 13.8. The Hall–Kier alpha value is -1.15. The van der Waals surface area contributed by atoms with Crippen LogP contribution in [0.3, 0.4) is 0 Å². The highest BCUT2D eigenvalue weighted by Gasteiger charge is 2.70. The van der Waals surface area contributed by atoms with Gasteiger partial charge in [0.1, 0.15) is 5.60 Å². The number of rotatable bonds is 3. The van der Waals surface area contributed by atoms with E-state index in [2.05, 4.69) is 20.8 Å². The van der Waals surface area contributed by atoms with E-state index in [1.54, 1.807) is 0 Å². The average Bonchev–Trinajstić information content (AvgIpc) is 2.72. The Morgan fingerprint density at radius 3 is 2.40 bits per heavy atom. The lowest BCUT2D eigenvalue weighted by Gasteiger charge is -2.44. The molecule has 0 saturated heterocycles. The number of fused-ring (bicyclic) bond motifs is 2. The monoisotopic (exact) mass is 272 g/mol. The molecule has 1 N–H and O–H groups in total. The van der Waals surface area contributed by atoms with Gasteiger partial charge in [-0.15, -0.1) is 0 Å². The maximum atomic E-state index is 12.8. The molecule has 0 amide bonds. The first-order valence-corrected chi connectivity index (χ1v) is 7.61. The van der Waals surface area contributed by atoms with Gasteiger partial charge in [-0.3, -0.25) is 4.79 Å². The maximum Gasteiger partial charge on any atom is 0.169 e. The Morgan fingerprint density at radius 1 is 1.25 bits per heavy atom. The van der Waals surface area contributed by atoms with Crippen molar-refractivity contribution in [3.63, 3.8) is 0 Å². The Bertz CT molecular complexity index is 534. The molecule has 3 rings (SSSR count). The van der Waals surface area contributed by atoms with Crippen LogP contribution in [0.4, 0.5) is 0 Å². The van der Waals surface area contributed by atoms with Crippen LogP contribution in [0.5, 0.6) is 0 Å². The van der Waals surface area contributed by atoms with Gasteiger partial charge in [0, 0.05) is 11.8 Å². The molecular formula is C18H24O2. The summed E-state index contributed by atoms with van der Waals surface area (Å²) in [5, 5.41) is 11.2. The van der Waals surface area contributed by atoms with E-state index in [4.69, 9.17) is 0 Å². The van der Waals surface area contributed by atoms with Crippen LogP contribution in [0.25, 0.3) is 0 Å². The van der Waals surface area contributed by atoms with E-state index in [1.807, 2.05) is 30.3 Å². The molecule has 0 radical (unpaired) electrons. The van der Waals surface area contributed by atoms with Gasteiger partial charge in [0.15, 0.2) is 5.78 Å². The number of carbonyl (C=O) groups excluding carboxylic acids is 1. The fourth-order valence-electron chi connectivity index (χ4n) is 4.62. The van der Waals surface area contributed by atoms with Crippen molar-refractivity contribution in [2.75, 3.05) is 0 Å². The molecule has 2 bridgehead atoms. The molecule has 0 spiro atoms. The van der Waals surface area contributed by atoms with Gasteiger partial charge in [0.05, 0.1) is 0 Å². The molecule has 20 heavy (non-hydrogen) atoms. The van der Waals surface area contributed by atoms with Gasteiger partial charge in [-0.1, -0.05) is 51.1 Å². The minimum Gasteiger partial charge on any atom is -0.381 e. The molecule has 1 aromatic carbocycles. The molecule has 2 nitrogen and oxygen atoms in total. The molecule has 2 aliphatic rings. The van der Waals surface area contributed by atoms with E-state index in [9.17, 15) is 9.90 Å². The highest BCUT2D eigenvalue weighted by molar-refractivity contribution is 5.90. The smallest absolute Gasteiger partial charge is 0.169 e. The van der Waals surface area contributed by atoms with Crippen LogP contribution in [0.15, 0.2) is 30.3 Å². The molecule has 0 heterocycles. The largest absolute Gasteiger partial charge is 0.381 e. The highest BCUT2D eigenvalue weighted by Crippen LogP contribution is 2.69. The van der Waals surface area contributed by atoms with Crippen molar-refractivity contribution >= 4 is 5.78 Å². The minimum atomic E-state index is -1.14. The predicted molar refractivity (Wildman–Crippen MR) is 79.3 cm³/mol. The summed E-state index contributed by atoms with van der Waals surface area (Å²) in [6, 6.07) is 9.76. The first-order valence-electron chi connectivity index (χ1n) is 7.61. The Kier molecular flexibility index (Phi) is 2.88. The third kappa shape index (κ3) is 1.57. The summed E-state index contributed by atoms with van der Waals surface area (Å²) in [7, 11) is 0. The van der Waals surface area contributed by atoms with Gasteiger partial charge in [-0.05, 0) is 36.2 Å². The second-order valence-corrected chi connectivity index (χ2v) is 7.44. The first-order chi connectivity index (χ1) is 9.31. The summed E-state index contributed by atoms with van der Waals surface area (Å²) < 4.78 is 0. The fourth-order valence-corrected chi connectivity index (χ4v) is 4.62. The third-order valence-electron chi connectivity index (χ3n) is 6.56. The number of Topliss-reactive ketones (excluding diaryl/α,β-unsaturated/α-hetero) is 1. The molecule has 2 heteroatoms. The van der Waals surface area contributed by atoms with Crippen LogP contribution in [0.2, 0.25) is 0 Å². The van der Waals surface area contributed by atoms with Crippen molar-refractivity contribution in [3.05, 3.63) is 35.9 Å². The Labute approximate surface area is 121 Å². The summed E-state index contributed by atoms with van der Waals surface area (Å²) in [6.07, 6.45) is 3.09. The molecule has 0 aromatic heterocycles. The number of hydrogen-bond donors (Lipinski definition) is 1. The number of benzene rings is 1. The van der Waals surface area contributed by atoms with Gasteiger partial charge in [0.2, 0.25) is 0 Å². The van der Waals surface area contributed by atoms with E-state index >= 15 is 0 Å². The number of hydrogen-bond acceptors (Lipinski definition) is 2. The second kappa shape index (κ2) is 4.17. The lowest BCUT2D eigenvalue weighted by Crippen LogP contribution is -2.53. The molecular weight excluding hydrogens is 248 g/mol. The summed E-state index contributed by atoms with van der Waals surface area (Å²) in [4.78, 5) is 12.8. The van der Waals surface area contributed by atoms with Crippen LogP contribution in [-0.4, -0.2) is 16.5 Å². The topological polar surface area (TPSA) is 37.3 Å². The lowest BCUT2D eigenvalue weighted by atomic mass is 9.62. The summed E-state index contributed by atoms with van der Waals surface area (Å²) in [6.45, 7) is 6.56. The van der Waals surface area contributed by atoms with Crippen LogP contribution >= 0.6 is 0 Å². The molecule has 1 aromatic rings. The van der Waals surface area contributed by atoms with Gasteiger partial charge in [-0.25, -0.2) is 0 Å². The lowest BCUT2D eigenvalue weighted by molar-refractivity contribution is -0.154. The average molecular weight is 272 g/mol. The van der Waals surface area contributed by atoms with E-state index in [0.717, 1.165) is 18.4 Å². The molecule has 2 fully saturated rings. The zero-order valence-electron chi connectivity index (χ0n) is 12.6. The zero-order valence-corrected chi connectivity index (χ0v) is 12.6. The molecule has 2 aliphatic carbocycles. The molecule has 0 aliphatic heterocycles. The van der Waals surface area contributed by atoms with Crippen molar-refractivity contribution < 1.29 is 9.90 Å². The van der Waals surface area contributed by atoms with Crippen LogP contribution in [0, 0.1) is 16.7 Å². The van der Waals surface area contributed by atoms with Crippen molar-refractivity contribution in [1.82, 2.24) is 0 Å². The standard InChI is InChI=1S/C18H24O2/c1-16(2)14-9-10-17(16,3)18(20,12-14)15(19)11-13-7-5-4-6-8-13/h4-8,14,20H,9-12H2,1-3H3. The molecule has 3 unspecified atom stereocenters. The van der Waals surface area contributed by atoms with Crippen LogP contribution in [0.1, 0.15) is 45.6 Å². The van der Waals surface area contributed by atoms with Crippen molar-refractivity contribution in [1.29, 1.82) is 0 Å². The van der Waals surface area contributed by atoms with Crippen molar-refractivity contribution in [2.45, 2.75) is 52.1 Å². The Morgan fingerprint density at radius 2 is 1.90 bits per heavy atom. The normalized spacial score (nSPS) is 38.1. The summed E-state index contributed by atoms with van der Waals surface area (Å²) >= 11 is 0. The van der Waals surface area contributed by atoms with Crippen LogP contribution in [-0.2, 0) is 11.2 Å². The summed E-state index contributed by atoms with van der Waals surface area (Å²) in [5.41, 5.74) is -0.380. The molecule has 108 valence electrons. The van der Waals surface area contributed by atoms with Crippen molar-refractivity contribution in [3.8, 4) is 0 Å². The maximum absolute atomic E-state index is 12.8. The number of aliphatic hydroxyl groups is 1. The van der Waals surface area contributed by atoms with Gasteiger partial charge in [-0.2, -0.15) is 0 Å². The van der Waals surface area contributed by atoms with E-state index in [1.165, 1.54) is 0 Å². The second-order valence-electron chi connectivity index (χ2n) is 7.44.